The Balaban J connectivity index is 0.00000370. The normalized spacial score (nSPS) is 12.2. The van der Waals surface area contributed by atoms with Crippen molar-refractivity contribution in [3.63, 3.8) is 0 Å². The summed E-state index contributed by atoms with van der Waals surface area (Å²) < 4.78 is 0. The maximum absolute atomic E-state index is 5.64. The largest absolute Gasteiger partial charge is 2.00 e. The van der Waals surface area contributed by atoms with Gasteiger partial charge in [-0.05, 0) is 68.7 Å². The van der Waals surface area contributed by atoms with E-state index in [0.717, 1.165) is 67.8 Å². The summed E-state index contributed by atoms with van der Waals surface area (Å²) in [6.45, 7) is 26.8. The first-order chi connectivity index (χ1) is 30.7. The van der Waals surface area contributed by atoms with Crippen LogP contribution in [0.2, 0.25) is 0 Å². The van der Waals surface area contributed by atoms with Gasteiger partial charge in [0.25, 0.3) is 0 Å². The van der Waals surface area contributed by atoms with Gasteiger partial charge in [-0.1, -0.05) is 132 Å². The van der Waals surface area contributed by atoms with Crippen LogP contribution in [0.5, 0.6) is 0 Å². The van der Waals surface area contributed by atoms with Crippen LogP contribution in [0.1, 0.15) is 128 Å². The molecule has 0 bridgehead atoms. The van der Waals surface area contributed by atoms with Crippen LogP contribution in [0.3, 0.4) is 0 Å². The van der Waals surface area contributed by atoms with Crippen molar-refractivity contribution in [3.8, 4) is 45.0 Å². The number of rotatable bonds is 8. The molecule has 8 rings (SSSR count). The third-order valence-corrected chi connectivity index (χ3v) is 12.3. The fourth-order valence-electron chi connectivity index (χ4n) is 8.29. The van der Waals surface area contributed by atoms with E-state index in [-0.39, 0.29) is 63.8 Å². The van der Waals surface area contributed by atoms with Crippen LogP contribution in [-0.4, -0.2) is 19.9 Å². The zero-order valence-corrected chi connectivity index (χ0v) is 45.3. The molecule has 4 aromatic heterocycles. The summed E-state index contributed by atoms with van der Waals surface area (Å²) in [6.07, 6.45) is 0. The molecule has 0 saturated carbocycles. The monoisotopic (exact) mass is 1240 g/mol. The Morgan fingerprint density at radius 3 is 0.701 bits per heavy atom. The van der Waals surface area contributed by atoms with Crippen LogP contribution in [0, 0.1) is 24.3 Å². The van der Waals surface area contributed by atoms with Crippen molar-refractivity contribution < 1.29 is 42.1 Å². The molecule has 0 spiro atoms. The van der Waals surface area contributed by atoms with Gasteiger partial charge in [-0.2, -0.15) is 0 Å². The summed E-state index contributed by atoms with van der Waals surface area (Å²) in [6, 6.07) is 64.5. The van der Waals surface area contributed by atoms with E-state index in [4.69, 9.17) is 19.9 Å². The van der Waals surface area contributed by atoms with E-state index in [1.165, 1.54) is 22.3 Å². The zero-order chi connectivity index (χ0) is 46.4. The molecular weight excluding hydrogens is 1180 g/mol. The maximum Gasteiger partial charge on any atom is 2.00 e. The van der Waals surface area contributed by atoms with Crippen LogP contribution in [0.4, 0.5) is 0 Å². The molecule has 6 heteroatoms. The quantitative estimate of drug-likeness (QED) is 0.142. The second kappa shape index (κ2) is 19.8. The molecule has 0 aliphatic rings. The second-order valence-electron chi connectivity index (χ2n) is 21.3. The van der Waals surface area contributed by atoms with Gasteiger partial charge in [0.15, 0.2) is 0 Å². The molecule has 0 atom stereocenters. The van der Waals surface area contributed by atoms with Gasteiger partial charge in [-0.3, -0.25) is 19.9 Å². The summed E-state index contributed by atoms with van der Waals surface area (Å²) in [7, 11) is 0. The van der Waals surface area contributed by atoms with E-state index in [9.17, 15) is 0 Å². The second-order valence-corrected chi connectivity index (χ2v) is 21.3. The molecule has 0 unspecified atom stereocenters. The molecule has 4 heterocycles. The number of benzene rings is 4. The molecule has 0 N–H and O–H groups in total. The van der Waals surface area contributed by atoms with Crippen LogP contribution in [0.15, 0.2) is 146 Å². The van der Waals surface area contributed by atoms with Crippen LogP contribution >= 0.6 is 0 Å². The SMILES string of the molecule is CC(C)(C)c1cc[c-]c(-c2cccc(C(c3cccc(-c4[c-]ccc(C(C)(C)C)c4)n3)(c3cccc(-c4[c-]ccc(C(C)(C)C)c4)n3)c3cccc(-c4[c-]ccc(C(C)(C)C)c4)n3)n2)c1.[Pt+2].[Pt+2]. The molecule has 0 amide bonds. The van der Waals surface area contributed by atoms with E-state index in [0.29, 0.717) is 0 Å². The first-order valence-electron chi connectivity index (χ1n) is 22.7. The van der Waals surface area contributed by atoms with Crippen molar-refractivity contribution in [1.29, 1.82) is 0 Å². The zero-order valence-electron chi connectivity index (χ0n) is 40.8. The van der Waals surface area contributed by atoms with Gasteiger partial charge in [0.2, 0.25) is 0 Å². The fourth-order valence-corrected chi connectivity index (χ4v) is 8.29. The molecule has 4 nitrogen and oxygen atoms in total. The van der Waals surface area contributed by atoms with E-state index in [1.54, 1.807) is 0 Å². The Bertz CT molecular complexity index is 2590. The minimum Gasteiger partial charge on any atom is -0.299 e. The summed E-state index contributed by atoms with van der Waals surface area (Å²) in [5, 5.41) is 0. The Morgan fingerprint density at radius 2 is 0.507 bits per heavy atom. The van der Waals surface area contributed by atoms with Crippen LogP contribution in [0.25, 0.3) is 45.0 Å². The predicted molar refractivity (Wildman–Crippen MR) is 268 cm³/mol. The number of hydrogen-bond donors (Lipinski definition) is 0. The molecular formula is C61H60N4Pt2. The summed E-state index contributed by atoms with van der Waals surface area (Å²) in [4.78, 5) is 22.6. The molecule has 67 heavy (non-hydrogen) atoms. The van der Waals surface area contributed by atoms with E-state index >= 15 is 0 Å². The predicted octanol–water partition coefficient (Wildman–Crippen LogP) is 14.7. The average molecular weight is 1240 g/mol. The Kier molecular flexibility index (Phi) is 15.2. The number of pyridine rings is 4. The maximum atomic E-state index is 5.64. The Hall–Kier alpha value is -5.14. The van der Waals surface area contributed by atoms with Gasteiger partial charge in [-0.25, -0.2) is 0 Å². The molecule has 0 aliphatic carbocycles. The van der Waals surface area contributed by atoms with Crippen molar-refractivity contribution >= 4 is 0 Å². The van der Waals surface area contributed by atoms with E-state index < -0.39 is 5.41 Å². The minimum atomic E-state index is -1.23. The summed E-state index contributed by atoms with van der Waals surface area (Å²) in [5.41, 5.74) is 13.1. The topological polar surface area (TPSA) is 51.6 Å². The average Bonchev–Trinajstić information content (AvgIpc) is 3.29. The van der Waals surface area contributed by atoms with Crippen molar-refractivity contribution in [2.45, 2.75) is 110 Å². The number of nitrogens with zero attached hydrogens (tertiary/aromatic N) is 4. The smallest absolute Gasteiger partial charge is 0.299 e. The molecule has 0 aliphatic heterocycles. The summed E-state index contributed by atoms with van der Waals surface area (Å²) in [5.74, 6) is 0. The third-order valence-electron chi connectivity index (χ3n) is 12.3. The number of hydrogen-bond acceptors (Lipinski definition) is 4. The van der Waals surface area contributed by atoms with Gasteiger partial charge >= 0.3 is 42.1 Å². The van der Waals surface area contributed by atoms with Crippen molar-refractivity contribution in [3.05, 3.63) is 215 Å². The van der Waals surface area contributed by atoms with Crippen molar-refractivity contribution in [1.82, 2.24) is 19.9 Å². The first kappa shape index (κ1) is 51.3. The molecule has 0 saturated heterocycles. The number of aromatic nitrogens is 4. The summed E-state index contributed by atoms with van der Waals surface area (Å²) >= 11 is 0. The van der Waals surface area contributed by atoms with Crippen LogP contribution in [-0.2, 0) is 69.2 Å². The molecule has 4 aromatic carbocycles. The van der Waals surface area contributed by atoms with E-state index in [2.05, 4.69) is 229 Å². The van der Waals surface area contributed by atoms with Crippen molar-refractivity contribution in [2.75, 3.05) is 0 Å². The van der Waals surface area contributed by atoms with Gasteiger partial charge in [-0.15, -0.1) is 142 Å². The van der Waals surface area contributed by atoms with Gasteiger partial charge in [0.1, 0.15) is 5.41 Å². The molecule has 344 valence electrons. The molecule has 8 aromatic rings. The Labute approximate surface area is 429 Å². The van der Waals surface area contributed by atoms with Gasteiger partial charge in [0.05, 0.1) is 22.8 Å². The first-order valence-corrected chi connectivity index (χ1v) is 22.7. The van der Waals surface area contributed by atoms with Gasteiger partial charge in [0, 0.05) is 0 Å². The minimum absolute atomic E-state index is 0. The standard InChI is InChI=1S/C61H60N4.2Pt/c1-57(2,3)45-25-13-21-41(37-45)49-29-17-33-53(62-49)61(54-34-18-30-50(63-54)42-22-14-26-46(38-42)58(4,5)6,55-35-19-31-51(64-55)43-23-15-27-47(39-43)59(7,8)9)56-36-20-32-52(65-56)44-24-16-28-48(40-44)60(10,11)12;;/h13-20,25-40H,1-12H3;;/q-4;2*+2. The fraction of sp³-hybridized carbons (Fsp3) is 0.279. The van der Waals surface area contributed by atoms with Crippen LogP contribution < -0.4 is 0 Å². The molecule has 0 fully saturated rings. The third kappa shape index (κ3) is 10.9. The van der Waals surface area contributed by atoms with Gasteiger partial charge < -0.3 is 0 Å². The van der Waals surface area contributed by atoms with E-state index in [1.807, 2.05) is 24.3 Å². The molecule has 0 radical (unpaired) electrons. The Morgan fingerprint density at radius 1 is 0.299 bits per heavy atom. The van der Waals surface area contributed by atoms with Crippen molar-refractivity contribution in [2.24, 2.45) is 0 Å².